The lowest BCUT2D eigenvalue weighted by Gasteiger charge is -2.18. The Morgan fingerprint density at radius 1 is 0.361 bits per heavy atom. The Bertz CT molecular complexity index is 1200. The fourth-order valence-corrected chi connectivity index (χ4v) is 6.73. The monoisotopic (exact) mass is 849 g/mol. The first kappa shape index (κ1) is 57.6. The Labute approximate surface area is 375 Å². The minimum atomic E-state index is -0.794. The smallest absolute Gasteiger partial charge is 0.306 e. The highest BCUT2D eigenvalue weighted by atomic mass is 16.6. The lowest BCUT2D eigenvalue weighted by molar-refractivity contribution is -0.167. The molecule has 0 aromatic heterocycles. The molecule has 6 heteroatoms. The molecule has 0 bridgehead atoms. The highest BCUT2D eigenvalue weighted by Gasteiger charge is 2.19. The van der Waals surface area contributed by atoms with Crippen LogP contribution in [-0.2, 0) is 28.6 Å². The fourth-order valence-electron chi connectivity index (χ4n) is 6.73. The number of rotatable bonds is 44. The van der Waals surface area contributed by atoms with Crippen molar-refractivity contribution in [3.63, 3.8) is 0 Å². The molecule has 0 spiro atoms. The summed E-state index contributed by atoms with van der Waals surface area (Å²) in [6.45, 7) is 6.35. The Morgan fingerprint density at radius 3 is 1.20 bits per heavy atom. The summed E-state index contributed by atoms with van der Waals surface area (Å²) >= 11 is 0. The molecule has 0 fully saturated rings. The van der Waals surface area contributed by atoms with Crippen molar-refractivity contribution < 1.29 is 28.6 Å². The van der Waals surface area contributed by atoms with Gasteiger partial charge in [-0.05, 0) is 77.0 Å². The van der Waals surface area contributed by atoms with E-state index in [1.165, 1.54) is 83.5 Å². The van der Waals surface area contributed by atoms with Gasteiger partial charge in [0.25, 0.3) is 0 Å². The molecule has 0 radical (unpaired) electrons. The van der Waals surface area contributed by atoms with E-state index in [4.69, 9.17) is 14.2 Å². The number of hydrogen-bond acceptors (Lipinski definition) is 6. The van der Waals surface area contributed by atoms with E-state index in [1.54, 1.807) is 0 Å². The molecular weight excluding hydrogens is 757 g/mol. The molecule has 348 valence electrons. The number of hydrogen-bond donors (Lipinski definition) is 0. The normalized spacial score (nSPS) is 12.8. The maximum atomic E-state index is 12.8. The summed E-state index contributed by atoms with van der Waals surface area (Å²) < 4.78 is 16.7. The SMILES string of the molecule is CC\C=C/C=C\C=C/CCCCCCCCCC(=O)OC(COC(=O)CCCCC/C=C\C/C=C\C/C=C\C/C=C\CC)COC(=O)CCCCCCCCCCCCCC. The van der Waals surface area contributed by atoms with Crippen LogP contribution in [0.15, 0.2) is 85.1 Å². The van der Waals surface area contributed by atoms with Crippen molar-refractivity contribution in [2.45, 2.75) is 232 Å². The molecule has 0 rings (SSSR count). The first-order valence-corrected chi connectivity index (χ1v) is 25.1. The van der Waals surface area contributed by atoms with Gasteiger partial charge in [-0.2, -0.15) is 0 Å². The van der Waals surface area contributed by atoms with Gasteiger partial charge in [0, 0.05) is 19.3 Å². The molecule has 0 saturated carbocycles. The number of esters is 3. The maximum absolute atomic E-state index is 12.8. The summed E-state index contributed by atoms with van der Waals surface area (Å²) in [6.07, 6.45) is 62.7. The molecule has 0 amide bonds. The molecular formula is C55H92O6. The highest BCUT2D eigenvalue weighted by molar-refractivity contribution is 5.71. The molecule has 0 N–H and O–H groups in total. The van der Waals surface area contributed by atoms with Crippen LogP contribution >= 0.6 is 0 Å². The van der Waals surface area contributed by atoms with Crippen LogP contribution in [0.5, 0.6) is 0 Å². The first-order valence-electron chi connectivity index (χ1n) is 25.1. The molecule has 1 unspecified atom stereocenters. The first-order chi connectivity index (χ1) is 30.0. The van der Waals surface area contributed by atoms with Crippen LogP contribution in [0.2, 0.25) is 0 Å². The predicted molar refractivity (Wildman–Crippen MR) is 261 cm³/mol. The Balaban J connectivity index is 4.46. The molecule has 61 heavy (non-hydrogen) atoms. The van der Waals surface area contributed by atoms with Gasteiger partial charge in [-0.25, -0.2) is 0 Å². The topological polar surface area (TPSA) is 78.9 Å². The van der Waals surface area contributed by atoms with Crippen LogP contribution in [0.1, 0.15) is 226 Å². The number of carbonyl (C=O) groups excluding carboxylic acids is 3. The molecule has 0 aliphatic rings. The van der Waals surface area contributed by atoms with E-state index in [1.807, 2.05) is 0 Å². The van der Waals surface area contributed by atoms with Gasteiger partial charge < -0.3 is 14.2 Å². The van der Waals surface area contributed by atoms with E-state index in [-0.39, 0.29) is 31.1 Å². The van der Waals surface area contributed by atoms with Gasteiger partial charge in [-0.15, -0.1) is 0 Å². The van der Waals surface area contributed by atoms with Gasteiger partial charge in [0.15, 0.2) is 6.10 Å². The van der Waals surface area contributed by atoms with Crippen LogP contribution < -0.4 is 0 Å². The van der Waals surface area contributed by atoms with Gasteiger partial charge in [0.05, 0.1) is 0 Å². The lowest BCUT2D eigenvalue weighted by atomic mass is 10.0. The van der Waals surface area contributed by atoms with E-state index < -0.39 is 6.10 Å². The average molecular weight is 849 g/mol. The largest absolute Gasteiger partial charge is 0.462 e. The second kappa shape index (κ2) is 49.2. The zero-order valence-electron chi connectivity index (χ0n) is 39.7. The van der Waals surface area contributed by atoms with Crippen LogP contribution in [0.4, 0.5) is 0 Å². The second-order valence-electron chi connectivity index (χ2n) is 16.4. The van der Waals surface area contributed by atoms with Crippen molar-refractivity contribution in [1.29, 1.82) is 0 Å². The number of unbranched alkanes of at least 4 members (excludes halogenated alkanes) is 21. The van der Waals surface area contributed by atoms with E-state index in [0.717, 1.165) is 103 Å². The summed E-state index contributed by atoms with van der Waals surface area (Å²) in [5.74, 6) is -0.937. The fraction of sp³-hybridized carbons (Fsp3) is 0.691. The summed E-state index contributed by atoms with van der Waals surface area (Å²) in [7, 11) is 0. The Kier molecular flexibility index (Phi) is 46.5. The third-order valence-electron chi connectivity index (χ3n) is 10.5. The number of carbonyl (C=O) groups is 3. The second-order valence-corrected chi connectivity index (χ2v) is 16.4. The Hall–Kier alpha value is -3.41. The summed E-state index contributed by atoms with van der Waals surface area (Å²) in [5.41, 5.74) is 0. The van der Waals surface area contributed by atoms with Gasteiger partial charge in [0.2, 0.25) is 0 Å². The molecule has 0 aromatic rings. The molecule has 1 atom stereocenters. The van der Waals surface area contributed by atoms with Gasteiger partial charge in [-0.3, -0.25) is 14.4 Å². The van der Waals surface area contributed by atoms with Crippen molar-refractivity contribution in [1.82, 2.24) is 0 Å². The van der Waals surface area contributed by atoms with E-state index in [0.29, 0.717) is 19.3 Å². The summed E-state index contributed by atoms with van der Waals surface area (Å²) in [4.78, 5) is 37.9. The molecule has 0 heterocycles. The number of allylic oxidation sites excluding steroid dienone is 14. The van der Waals surface area contributed by atoms with Crippen molar-refractivity contribution in [3.8, 4) is 0 Å². The van der Waals surface area contributed by atoms with E-state index in [9.17, 15) is 14.4 Å². The Morgan fingerprint density at radius 2 is 0.721 bits per heavy atom. The predicted octanol–water partition coefficient (Wildman–Crippen LogP) is 16.4. The zero-order chi connectivity index (χ0) is 44.4. The van der Waals surface area contributed by atoms with Crippen molar-refractivity contribution in [2.75, 3.05) is 13.2 Å². The van der Waals surface area contributed by atoms with Crippen molar-refractivity contribution in [2.24, 2.45) is 0 Å². The van der Waals surface area contributed by atoms with E-state index >= 15 is 0 Å². The highest BCUT2D eigenvalue weighted by Crippen LogP contribution is 2.14. The minimum absolute atomic E-state index is 0.0909. The lowest BCUT2D eigenvalue weighted by Crippen LogP contribution is -2.30. The summed E-state index contributed by atoms with van der Waals surface area (Å²) in [6, 6.07) is 0. The van der Waals surface area contributed by atoms with Crippen molar-refractivity contribution >= 4 is 17.9 Å². The van der Waals surface area contributed by atoms with Crippen molar-refractivity contribution in [3.05, 3.63) is 85.1 Å². The molecule has 6 nitrogen and oxygen atoms in total. The van der Waals surface area contributed by atoms with Gasteiger partial charge in [-0.1, -0.05) is 215 Å². The molecule has 0 aromatic carbocycles. The van der Waals surface area contributed by atoms with Crippen LogP contribution in [-0.4, -0.2) is 37.2 Å². The van der Waals surface area contributed by atoms with Crippen LogP contribution in [0, 0.1) is 0 Å². The molecule has 0 saturated heterocycles. The standard InChI is InChI=1S/C55H92O6/c1-4-7-10-13-16-19-22-25-27-29-30-33-36-39-42-45-48-54(57)60-51-52(50-59-53(56)47-44-41-38-35-32-24-21-18-15-12-9-6-3)61-55(58)49-46-43-40-37-34-31-28-26-23-20-17-14-11-8-5-2/h7-8,10-11,14,16-17,19-20,23,25,27,30,33,52H,4-6,9,12-13,15,18,21-22,24,26,28-29,31-32,34-51H2,1-3H3/b10-7-,11-8-,17-14-,19-16-,23-20-,27-25-,33-30-. The van der Waals surface area contributed by atoms with Gasteiger partial charge >= 0.3 is 17.9 Å². The quantitative estimate of drug-likeness (QED) is 0.0200. The minimum Gasteiger partial charge on any atom is -0.462 e. The average Bonchev–Trinajstić information content (AvgIpc) is 3.26. The van der Waals surface area contributed by atoms with Gasteiger partial charge in [0.1, 0.15) is 13.2 Å². The maximum Gasteiger partial charge on any atom is 0.306 e. The van der Waals surface area contributed by atoms with Crippen LogP contribution in [0.25, 0.3) is 0 Å². The third-order valence-corrected chi connectivity index (χ3v) is 10.5. The zero-order valence-corrected chi connectivity index (χ0v) is 39.7. The molecule has 0 aliphatic carbocycles. The van der Waals surface area contributed by atoms with E-state index in [2.05, 4.69) is 106 Å². The molecule has 0 aliphatic heterocycles. The third kappa shape index (κ3) is 47.5. The van der Waals surface area contributed by atoms with Crippen LogP contribution in [0.3, 0.4) is 0 Å². The number of ether oxygens (including phenoxy) is 3. The summed E-state index contributed by atoms with van der Waals surface area (Å²) in [5, 5.41) is 0.